The molecule has 1 heterocycles. The molecule has 0 radical (unpaired) electrons. The van der Waals surface area contributed by atoms with Gasteiger partial charge in [0.2, 0.25) is 0 Å². The Morgan fingerprint density at radius 1 is 0.900 bits per heavy atom. The summed E-state index contributed by atoms with van der Waals surface area (Å²) in [7, 11) is 1.66. The Labute approximate surface area is 120 Å². The minimum Gasteiger partial charge on any atom is -0.497 e. The second kappa shape index (κ2) is 7.29. The highest BCUT2D eigenvalue weighted by Gasteiger charge is 1.96. The fourth-order valence-corrected chi connectivity index (χ4v) is 2.02. The van der Waals surface area contributed by atoms with Gasteiger partial charge in [0.25, 0.3) is 0 Å². The number of para-hydroxylation sites is 1. The number of ether oxygens (including phenoxy) is 1. The number of aromatic nitrogens is 1. The summed E-state index contributed by atoms with van der Waals surface area (Å²) in [4.78, 5) is 4.18. The van der Waals surface area contributed by atoms with Crippen LogP contribution in [0.1, 0.15) is 12.5 Å². The highest BCUT2D eigenvalue weighted by Crippen LogP contribution is 2.16. The lowest BCUT2D eigenvalue weighted by Gasteiger charge is -2.01. The molecule has 0 fully saturated rings. The molecule has 2 nitrogen and oxygen atoms in total. The minimum atomic E-state index is 0.910. The van der Waals surface area contributed by atoms with E-state index in [0.29, 0.717) is 0 Å². The Hall–Kier alpha value is -2.35. The smallest absolute Gasteiger partial charge is 0.118 e. The standard InChI is InChI=1S/C11H11N.C7H8O/c1-2-9-7-12-8-10-5-3-4-6-11(9)10;1-8-7-5-3-2-4-6-7/h3-8H,2H2,1H3;2-6H,1H3. The molecule has 2 heteroatoms. The van der Waals surface area contributed by atoms with E-state index in [1.807, 2.05) is 48.8 Å². The summed E-state index contributed by atoms with van der Waals surface area (Å²) in [5.41, 5.74) is 1.33. The summed E-state index contributed by atoms with van der Waals surface area (Å²) in [5, 5.41) is 2.56. The number of fused-ring (bicyclic) bond motifs is 1. The Balaban J connectivity index is 0.000000160. The van der Waals surface area contributed by atoms with Gasteiger partial charge >= 0.3 is 0 Å². The molecule has 0 atom stereocenters. The molecule has 0 amide bonds. The maximum absolute atomic E-state index is 4.91. The average Bonchev–Trinajstić information content (AvgIpc) is 2.55. The first kappa shape index (κ1) is 14.1. The van der Waals surface area contributed by atoms with Crippen molar-refractivity contribution >= 4 is 10.8 Å². The zero-order valence-corrected chi connectivity index (χ0v) is 11.9. The molecule has 2 aromatic carbocycles. The molecule has 3 rings (SSSR count). The molecule has 1 aromatic heterocycles. The lowest BCUT2D eigenvalue weighted by molar-refractivity contribution is 0.415. The maximum atomic E-state index is 4.91. The van der Waals surface area contributed by atoms with Gasteiger partial charge in [-0.2, -0.15) is 0 Å². The summed E-state index contributed by atoms with van der Waals surface area (Å²) in [5.74, 6) is 0.910. The Bertz CT molecular complexity index is 644. The van der Waals surface area contributed by atoms with E-state index < -0.39 is 0 Å². The van der Waals surface area contributed by atoms with Crippen LogP contribution in [-0.2, 0) is 6.42 Å². The number of pyridine rings is 1. The average molecular weight is 265 g/mol. The van der Waals surface area contributed by atoms with Crippen LogP contribution >= 0.6 is 0 Å². The number of rotatable bonds is 2. The molecule has 0 aliphatic carbocycles. The largest absolute Gasteiger partial charge is 0.497 e. The molecular formula is C18H19NO. The summed E-state index contributed by atoms with van der Waals surface area (Å²) >= 11 is 0. The highest BCUT2D eigenvalue weighted by atomic mass is 16.5. The van der Waals surface area contributed by atoms with Gasteiger partial charge < -0.3 is 4.74 Å². The highest BCUT2D eigenvalue weighted by molar-refractivity contribution is 5.84. The molecule has 20 heavy (non-hydrogen) atoms. The van der Waals surface area contributed by atoms with Gasteiger partial charge in [-0.25, -0.2) is 0 Å². The van der Waals surface area contributed by atoms with E-state index in [4.69, 9.17) is 4.74 Å². The van der Waals surface area contributed by atoms with Gasteiger partial charge in [0, 0.05) is 17.8 Å². The molecule has 0 spiro atoms. The van der Waals surface area contributed by atoms with Crippen LogP contribution in [0.3, 0.4) is 0 Å². The summed E-state index contributed by atoms with van der Waals surface area (Å²) in [6.07, 6.45) is 4.91. The van der Waals surface area contributed by atoms with Crippen LogP contribution in [0.15, 0.2) is 67.0 Å². The van der Waals surface area contributed by atoms with Crippen molar-refractivity contribution in [3.8, 4) is 5.75 Å². The molecule has 0 aliphatic heterocycles. The van der Waals surface area contributed by atoms with Crippen molar-refractivity contribution in [2.45, 2.75) is 13.3 Å². The van der Waals surface area contributed by atoms with Crippen LogP contribution in [0.2, 0.25) is 0 Å². The molecule has 3 aromatic rings. The van der Waals surface area contributed by atoms with Crippen molar-refractivity contribution in [1.82, 2.24) is 4.98 Å². The SMILES string of the molecule is CCc1cncc2ccccc12.COc1ccccc1. The fourth-order valence-electron chi connectivity index (χ4n) is 2.02. The van der Waals surface area contributed by atoms with Crippen molar-refractivity contribution in [2.24, 2.45) is 0 Å². The van der Waals surface area contributed by atoms with Gasteiger partial charge in [-0.05, 0) is 29.5 Å². The second-order valence-electron chi connectivity index (χ2n) is 4.39. The van der Waals surface area contributed by atoms with Gasteiger partial charge in [-0.15, -0.1) is 0 Å². The van der Waals surface area contributed by atoms with Crippen LogP contribution < -0.4 is 4.74 Å². The molecule has 102 valence electrons. The topological polar surface area (TPSA) is 22.1 Å². The predicted octanol–water partition coefficient (Wildman–Crippen LogP) is 4.49. The van der Waals surface area contributed by atoms with Gasteiger partial charge in [-0.1, -0.05) is 49.4 Å². The number of methoxy groups -OCH3 is 1. The number of hydrogen-bond acceptors (Lipinski definition) is 2. The fraction of sp³-hybridized carbons (Fsp3) is 0.167. The van der Waals surface area contributed by atoms with Crippen molar-refractivity contribution < 1.29 is 4.74 Å². The first-order chi connectivity index (χ1) is 9.85. The normalized spacial score (nSPS) is 9.70. The van der Waals surface area contributed by atoms with Crippen LogP contribution in [0, 0.1) is 0 Å². The quantitative estimate of drug-likeness (QED) is 0.681. The molecule has 0 saturated heterocycles. The van der Waals surface area contributed by atoms with Gasteiger partial charge in [0.15, 0.2) is 0 Å². The van der Waals surface area contributed by atoms with Crippen LogP contribution in [0.25, 0.3) is 10.8 Å². The van der Waals surface area contributed by atoms with E-state index in [1.54, 1.807) is 7.11 Å². The molecular weight excluding hydrogens is 246 g/mol. The van der Waals surface area contributed by atoms with E-state index in [2.05, 4.69) is 30.1 Å². The van der Waals surface area contributed by atoms with E-state index in [9.17, 15) is 0 Å². The third kappa shape index (κ3) is 3.58. The lowest BCUT2D eigenvalue weighted by atomic mass is 10.1. The zero-order valence-electron chi connectivity index (χ0n) is 11.9. The number of benzene rings is 2. The van der Waals surface area contributed by atoms with E-state index in [1.165, 1.54) is 16.3 Å². The summed E-state index contributed by atoms with van der Waals surface area (Å²) in [6.45, 7) is 2.16. The van der Waals surface area contributed by atoms with Gasteiger partial charge in [0.05, 0.1) is 7.11 Å². The number of aryl methyl sites for hydroxylation is 1. The van der Waals surface area contributed by atoms with Crippen LogP contribution in [-0.4, -0.2) is 12.1 Å². The summed E-state index contributed by atoms with van der Waals surface area (Å²) < 4.78 is 4.91. The van der Waals surface area contributed by atoms with Gasteiger partial charge in [-0.3, -0.25) is 4.98 Å². The lowest BCUT2D eigenvalue weighted by Crippen LogP contribution is -1.84. The van der Waals surface area contributed by atoms with Crippen LogP contribution in [0.4, 0.5) is 0 Å². The minimum absolute atomic E-state index is 0.910. The van der Waals surface area contributed by atoms with Crippen LogP contribution in [0.5, 0.6) is 5.75 Å². The first-order valence-corrected chi connectivity index (χ1v) is 6.75. The van der Waals surface area contributed by atoms with Gasteiger partial charge in [0.1, 0.15) is 5.75 Å². The molecule has 0 bridgehead atoms. The third-order valence-electron chi connectivity index (χ3n) is 3.11. The number of nitrogens with zero attached hydrogens (tertiary/aromatic N) is 1. The van der Waals surface area contributed by atoms with Crippen molar-refractivity contribution in [3.63, 3.8) is 0 Å². The Morgan fingerprint density at radius 2 is 1.60 bits per heavy atom. The van der Waals surface area contributed by atoms with Crippen molar-refractivity contribution in [1.29, 1.82) is 0 Å². The van der Waals surface area contributed by atoms with E-state index in [-0.39, 0.29) is 0 Å². The first-order valence-electron chi connectivity index (χ1n) is 6.75. The van der Waals surface area contributed by atoms with Crippen molar-refractivity contribution in [3.05, 3.63) is 72.6 Å². The number of hydrogen-bond donors (Lipinski definition) is 0. The third-order valence-corrected chi connectivity index (χ3v) is 3.11. The zero-order chi connectivity index (χ0) is 14.2. The second-order valence-corrected chi connectivity index (χ2v) is 4.39. The molecule has 0 unspecified atom stereocenters. The summed E-state index contributed by atoms with van der Waals surface area (Å²) in [6, 6.07) is 18.0. The van der Waals surface area contributed by atoms with E-state index >= 15 is 0 Å². The van der Waals surface area contributed by atoms with Crippen molar-refractivity contribution in [2.75, 3.05) is 7.11 Å². The molecule has 0 saturated carbocycles. The monoisotopic (exact) mass is 265 g/mol. The predicted molar refractivity (Wildman–Crippen MR) is 84.1 cm³/mol. The maximum Gasteiger partial charge on any atom is 0.118 e. The molecule has 0 N–H and O–H groups in total. The molecule has 0 aliphatic rings. The van der Waals surface area contributed by atoms with E-state index in [0.717, 1.165) is 12.2 Å². The Kier molecular flexibility index (Phi) is 5.13. The Morgan fingerprint density at radius 3 is 2.25 bits per heavy atom.